The van der Waals surface area contributed by atoms with Crippen molar-refractivity contribution < 1.29 is 31.8 Å². The van der Waals surface area contributed by atoms with Crippen LogP contribution in [0.15, 0.2) is 16.6 Å². The average Bonchev–Trinajstić information content (AvgIpc) is 2.30. The fourth-order valence-corrected chi connectivity index (χ4v) is 2.10. The molecule has 1 aliphatic rings. The molecular weight excluding hydrogens is 350 g/mol. The number of ether oxygens (including phenoxy) is 2. The van der Waals surface area contributed by atoms with Crippen LogP contribution in [-0.4, -0.2) is 31.6 Å². The van der Waals surface area contributed by atoms with E-state index in [1.165, 1.54) is 7.05 Å². The van der Waals surface area contributed by atoms with Gasteiger partial charge >= 0.3 is 12.2 Å². The van der Waals surface area contributed by atoms with Gasteiger partial charge in [0, 0.05) is 10.0 Å². The fraction of sp³-hybridized carbons (Fsp3) is 0.364. The smallest absolute Gasteiger partial charge is 0.421 e. The molecule has 4 nitrogen and oxygen atoms in total. The predicted octanol–water partition coefficient (Wildman–Crippen LogP) is 2.81. The van der Waals surface area contributed by atoms with Crippen molar-refractivity contribution in [2.45, 2.75) is 12.2 Å². The number of Topliss-reactive ketones (excluding diaryl/α,β-unsaturated/α-hetero) is 1. The van der Waals surface area contributed by atoms with Crippen molar-refractivity contribution in [3.63, 3.8) is 0 Å². The van der Waals surface area contributed by atoms with Gasteiger partial charge in [0.15, 0.2) is 17.3 Å². The predicted molar refractivity (Wildman–Crippen MR) is 63.5 cm³/mol. The molecule has 0 spiro atoms. The van der Waals surface area contributed by atoms with Crippen molar-refractivity contribution in [1.29, 1.82) is 0 Å². The Kier molecular flexibility index (Phi) is 3.67. The number of carbonyl (C=O) groups excluding carboxylic acids is 1. The minimum atomic E-state index is -4.81. The highest BCUT2D eigenvalue weighted by Gasteiger charge is 2.66. The van der Waals surface area contributed by atoms with Crippen LogP contribution in [0.4, 0.5) is 17.6 Å². The maximum Gasteiger partial charge on any atom is 0.507 e. The summed E-state index contributed by atoms with van der Waals surface area (Å²) < 4.78 is 60.1. The molecule has 0 atom stereocenters. The second-order valence-electron chi connectivity index (χ2n) is 3.97. The normalized spacial score (nSPS) is 18.7. The lowest BCUT2D eigenvalue weighted by Gasteiger charge is -2.32. The molecule has 110 valence electrons. The maximum absolute atomic E-state index is 13.0. The number of halogens is 5. The van der Waals surface area contributed by atoms with Crippen LogP contribution in [0.25, 0.3) is 0 Å². The van der Waals surface area contributed by atoms with Crippen LogP contribution in [0.2, 0.25) is 0 Å². The Morgan fingerprint density at radius 1 is 1.20 bits per heavy atom. The van der Waals surface area contributed by atoms with E-state index in [1.54, 1.807) is 0 Å². The molecule has 2 rings (SSSR count). The van der Waals surface area contributed by atoms with Crippen molar-refractivity contribution in [3.05, 3.63) is 22.2 Å². The zero-order chi connectivity index (χ0) is 15.1. The van der Waals surface area contributed by atoms with Crippen LogP contribution in [0.5, 0.6) is 11.5 Å². The Morgan fingerprint density at radius 2 is 1.70 bits per heavy atom. The van der Waals surface area contributed by atoms with E-state index in [0.717, 1.165) is 12.1 Å². The Balaban J connectivity index is 2.45. The van der Waals surface area contributed by atoms with Gasteiger partial charge < -0.3 is 14.8 Å². The van der Waals surface area contributed by atoms with Gasteiger partial charge in [0.05, 0.1) is 6.54 Å². The summed E-state index contributed by atoms with van der Waals surface area (Å²) in [7, 11) is 1.53. The number of likely N-dealkylation sites (N-methyl/N-ethyl adjacent to an activating group) is 1. The molecule has 1 aliphatic heterocycles. The lowest BCUT2D eigenvalue weighted by atomic mass is 10.1. The summed E-state index contributed by atoms with van der Waals surface area (Å²) in [6.07, 6.45) is -9.59. The second kappa shape index (κ2) is 4.88. The van der Waals surface area contributed by atoms with Crippen molar-refractivity contribution >= 4 is 21.7 Å². The topological polar surface area (TPSA) is 47.6 Å². The largest absolute Gasteiger partial charge is 0.507 e. The van der Waals surface area contributed by atoms with Crippen LogP contribution < -0.4 is 14.8 Å². The summed E-state index contributed by atoms with van der Waals surface area (Å²) in [5, 5.41) is 2.59. The van der Waals surface area contributed by atoms with E-state index in [2.05, 4.69) is 30.7 Å². The van der Waals surface area contributed by atoms with Gasteiger partial charge in [-0.1, -0.05) is 0 Å². The van der Waals surface area contributed by atoms with E-state index in [4.69, 9.17) is 0 Å². The maximum atomic E-state index is 13.0. The van der Waals surface area contributed by atoms with E-state index < -0.39 is 29.5 Å². The van der Waals surface area contributed by atoms with E-state index in [-0.39, 0.29) is 16.6 Å². The molecule has 20 heavy (non-hydrogen) atoms. The third-order valence-corrected chi connectivity index (χ3v) is 3.14. The van der Waals surface area contributed by atoms with Gasteiger partial charge in [-0.2, -0.15) is 17.6 Å². The Morgan fingerprint density at radius 3 is 2.20 bits per heavy atom. The lowest BCUT2D eigenvalue weighted by Crippen LogP contribution is -2.52. The van der Waals surface area contributed by atoms with Gasteiger partial charge in [0.25, 0.3) is 0 Å². The van der Waals surface area contributed by atoms with Gasteiger partial charge in [-0.3, -0.25) is 4.79 Å². The molecule has 0 saturated heterocycles. The molecule has 0 saturated carbocycles. The highest BCUT2D eigenvalue weighted by atomic mass is 79.9. The van der Waals surface area contributed by atoms with E-state index in [1.807, 2.05) is 0 Å². The van der Waals surface area contributed by atoms with Crippen molar-refractivity contribution in [2.75, 3.05) is 13.6 Å². The van der Waals surface area contributed by atoms with Gasteiger partial charge in [-0.25, -0.2) is 0 Å². The molecule has 0 aromatic heterocycles. The van der Waals surface area contributed by atoms with Crippen molar-refractivity contribution in [1.82, 2.24) is 5.32 Å². The summed E-state index contributed by atoms with van der Waals surface area (Å²) in [6.45, 7) is -0.0508. The lowest BCUT2D eigenvalue weighted by molar-refractivity contribution is -0.391. The van der Waals surface area contributed by atoms with Crippen molar-refractivity contribution in [2.24, 2.45) is 0 Å². The van der Waals surface area contributed by atoms with Gasteiger partial charge in [0.2, 0.25) is 0 Å². The molecule has 0 aliphatic carbocycles. The second-order valence-corrected chi connectivity index (χ2v) is 4.82. The highest BCUT2D eigenvalue weighted by molar-refractivity contribution is 9.10. The molecule has 1 aromatic rings. The first kappa shape index (κ1) is 15.0. The Labute approximate surface area is 119 Å². The number of nitrogens with one attached hydrogen (secondary N) is 1. The van der Waals surface area contributed by atoms with E-state index >= 15 is 0 Å². The summed E-state index contributed by atoms with van der Waals surface area (Å²) in [6, 6.07) is 1.92. The average molecular weight is 358 g/mol. The first-order chi connectivity index (χ1) is 9.18. The first-order valence-corrected chi connectivity index (χ1v) is 6.12. The SMILES string of the molecule is CNCC(=O)c1cc2c(cc1Br)OC(F)(F)C(F)(F)O2. The number of hydrogen-bond acceptors (Lipinski definition) is 4. The molecule has 1 N–H and O–H groups in total. The molecule has 0 bridgehead atoms. The van der Waals surface area contributed by atoms with Gasteiger partial charge in [-0.05, 0) is 35.1 Å². The number of benzene rings is 1. The quantitative estimate of drug-likeness (QED) is 0.667. The third kappa shape index (κ3) is 2.47. The summed E-state index contributed by atoms with van der Waals surface area (Å²) in [5.74, 6) is -1.62. The molecule has 1 heterocycles. The fourth-order valence-electron chi connectivity index (χ4n) is 1.56. The monoisotopic (exact) mass is 357 g/mol. The van der Waals surface area contributed by atoms with Crippen LogP contribution in [0.3, 0.4) is 0 Å². The zero-order valence-electron chi connectivity index (χ0n) is 9.98. The van der Waals surface area contributed by atoms with Crippen molar-refractivity contribution in [3.8, 4) is 11.5 Å². The molecule has 0 radical (unpaired) electrons. The Hall–Kier alpha value is -1.35. The van der Waals surface area contributed by atoms with Crippen LogP contribution in [0, 0.1) is 0 Å². The number of fused-ring (bicyclic) bond motifs is 1. The summed E-state index contributed by atoms with van der Waals surface area (Å²) in [4.78, 5) is 11.7. The number of hydrogen-bond donors (Lipinski definition) is 1. The molecular formula is C11H8BrF4NO3. The summed E-state index contributed by atoms with van der Waals surface area (Å²) >= 11 is 3.00. The number of ketones is 1. The molecule has 0 fully saturated rings. The zero-order valence-corrected chi connectivity index (χ0v) is 11.6. The van der Waals surface area contributed by atoms with Gasteiger partial charge in [-0.15, -0.1) is 0 Å². The minimum Gasteiger partial charge on any atom is -0.421 e. The number of carbonyl (C=O) groups is 1. The van der Waals surface area contributed by atoms with E-state index in [0.29, 0.717) is 0 Å². The van der Waals surface area contributed by atoms with Crippen LogP contribution in [0.1, 0.15) is 10.4 Å². The third-order valence-electron chi connectivity index (χ3n) is 2.49. The minimum absolute atomic E-state index is 0.0164. The molecule has 0 unspecified atom stereocenters. The standard InChI is InChI=1S/C11H8BrF4NO3/c1-17-4-7(18)5-2-8-9(3-6(5)12)20-11(15,16)10(13,14)19-8/h2-3,17H,4H2,1H3. The Bertz CT molecular complexity index is 565. The summed E-state index contributed by atoms with van der Waals surface area (Å²) in [5.41, 5.74) is 0.0164. The first-order valence-electron chi connectivity index (χ1n) is 5.33. The molecule has 1 aromatic carbocycles. The molecule has 0 amide bonds. The van der Waals surface area contributed by atoms with Gasteiger partial charge in [0.1, 0.15) is 0 Å². The van der Waals surface area contributed by atoms with Crippen LogP contribution in [-0.2, 0) is 0 Å². The van der Waals surface area contributed by atoms with Crippen LogP contribution >= 0.6 is 15.9 Å². The van der Waals surface area contributed by atoms with E-state index in [9.17, 15) is 22.4 Å². The number of rotatable bonds is 3. The molecule has 9 heteroatoms. The number of alkyl halides is 4. The highest BCUT2D eigenvalue weighted by Crippen LogP contribution is 2.48.